The highest BCUT2D eigenvalue weighted by Gasteiger charge is 2.65. The zero-order valence-corrected chi connectivity index (χ0v) is 15.1. The van der Waals surface area contributed by atoms with Gasteiger partial charge in [0, 0.05) is 5.56 Å². The van der Waals surface area contributed by atoms with Gasteiger partial charge in [0.15, 0.2) is 0 Å². The second kappa shape index (κ2) is 7.37. The van der Waals surface area contributed by atoms with Crippen molar-refractivity contribution in [2.45, 2.75) is 18.1 Å². The second-order valence-corrected chi connectivity index (χ2v) is 6.59. The van der Waals surface area contributed by atoms with Gasteiger partial charge in [0.05, 0.1) is 0 Å². The lowest BCUT2D eigenvalue weighted by atomic mass is 10.0. The van der Waals surface area contributed by atoms with E-state index >= 15 is 0 Å². The normalized spacial score (nSPS) is 23.2. The summed E-state index contributed by atoms with van der Waals surface area (Å²) in [5, 5.41) is 0. The zero-order chi connectivity index (χ0) is 20.5. The first-order chi connectivity index (χ1) is 13.9. The Hall–Kier alpha value is -3.12. The van der Waals surface area contributed by atoms with E-state index in [1.165, 1.54) is 54.6 Å². The van der Waals surface area contributed by atoms with Crippen molar-refractivity contribution in [2.75, 3.05) is 0 Å². The first kappa shape index (κ1) is 19.2. The van der Waals surface area contributed by atoms with Crippen molar-refractivity contribution >= 4 is 6.08 Å². The molecule has 1 saturated heterocycles. The number of ether oxygens (including phenoxy) is 2. The van der Waals surface area contributed by atoms with Crippen LogP contribution in [0.25, 0.3) is 6.08 Å². The van der Waals surface area contributed by atoms with Gasteiger partial charge in [0.1, 0.15) is 17.7 Å². The van der Waals surface area contributed by atoms with Crippen LogP contribution in [0.3, 0.4) is 0 Å². The molecule has 2 nitrogen and oxygen atoms in total. The molecule has 0 radical (unpaired) electrons. The molecule has 1 aliphatic heterocycles. The molecular weight excluding hydrogens is 384 g/mol. The quantitative estimate of drug-likeness (QED) is 0.476. The smallest absolute Gasteiger partial charge is 0.451 e. The van der Waals surface area contributed by atoms with Crippen molar-refractivity contribution in [3.05, 3.63) is 113 Å². The van der Waals surface area contributed by atoms with Crippen LogP contribution < -0.4 is 0 Å². The van der Waals surface area contributed by atoms with Gasteiger partial charge in [-0.05, 0) is 29.3 Å². The second-order valence-electron chi connectivity index (χ2n) is 6.59. The highest BCUT2D eigenvalue weighted by molar-refractivity contribution is 5.54. The van der Waals surface area contributed by atoms with Crippen LogP contribution in [0.1, 0.15) is 22.8 Å². The molecule has 1 fully saturated rings. The SMILES string of the molecule is Fc1ccc(C2OC(c3ccccc3)(C(F)(F)F)O/C2=C\c2ccccc2)cc1. The predicted octanol–water partition coefficient (Wildman–Crippen LogP) is 6.37. The largest absolute Gasteiger partial charge is 0.460 e. The van der Waals surface area contributed by atoms with Crippen LogP contribution in [0, 0.1) is 5.82 Å². The summed E-state index contributed by atoms with van der Waals surface area (Å²) in [7, 11) is 0. The molecule has 1 heterocycles. The summed E-state index contributed by atoms with van der Waals surface area (Å²) in [6.07, 6.45) is -4.50. The Balaban J connectivity index is 1.86. The molecule has 0 spiro atoms. The van der Waals surface area contributed by atoms with Crippen LogP contribution in [0.2, 0.25) is 0 Å². The van der Waals surface area contributed by atoms with E-state index in [0.717, 1.165) is 0 Å². The van der Waals surface area contributed by atoms with Crippen LogP contribution in [0.4, 0.5) is 17.6 Å². The number of hydrogen-bond acceptors (Lipinski definition) is 2. The van der Waals surface area contributed by atoms with Crippen LogP contribution in [-0.2, 0) is 15.3 Å². The molecule has 2 unspecified atom stereocenters. The van der Waals surface area contributed by atoms with Gasteiger partial charge in [-0.25, -0.2) is 4.39 Å². The van der Waals surface area contributed by atoms with Gasteiger partial charge in [-0.1, -0.05) is 72.8 Å². The third kappa shape index (κ3) is 3.63. The maximum absolute atomic E-state index is 14.2. The van der Waals surface area contributed by atoms with Gasteiger partial charge < -0.3 is 9.47 Å². The monoisotopic (exact) mass is 400 g/mol. The van der Waals surface area contributed by atoms with Gasteiger partial charge in [0.25, 0.3) is 0 Å². The van der Waals surface area contributed by atoms with Gasteiger partial charge in [-0.15, -0.1) is 0 Å². The van der Waals surface area contributed by atoms with E-state index in [2.05, 4.69) is 0 Å². The molecule has 0 aliphatic carbocycles. The van der Waals surface area contributed by atoms with Crippen molar-refractivity contribution in [2.24, 2.45) is 0 Å². The Morgan fingerprint density at radius 1 is 0.793 bits per heavy atom. The van der Waals surface area contributed by atoms with E-state index in [9.17, 15) is 17.6 Å². The number of rotatable bonds is 3. The van der Waals surface area contributed by atoms with Crippen LogP contribution >= 0.6 is 0 Å². The summed E-state index contributed by atoms with van der Waals surface area (Å²) in [4.78, 5) is 0. The molecule has 29 heavy (non-hydrogen) atoms. The number of halogens is 4. The molecular formula is C23H16F4O2. The lowest BCUT2D eigenvalue weighted by molar-refractivity contribution is -0.354. The van der Waals surface area contributed by atoms with E-state index in [0.29, 0.717) is 11.1 Å². The van der Waals surface area contributed by atoms with E-state index in [1.807, 2.05) is 0 Å². The fraction of sp³-hybridized carbons (Fsp3) is 0.130. The number of hydrogen-bond donors (Lipinski definition) is 0. The molecule has 3 aromatic rings. The minimum absolute atomic E-state index is 0.0102. The summed E-state index contributed by atoms with van der Waals surface area (Å²) in [6, 6.07) is 21.2. The molecule has 4 rings (SSSR count). The molecule has 3 aromatic carbocycles. The van der Waals surface area contributed by atoms with E-state index < -0.39 is 23.9 Å². The third-order valence-electron chi connectivity index (χ3n) is 4.61. The van der Waals surface area contributed by atoms with Crippen molar-refractivity contribution in [1.82, 2.24) is 0 Å². The standard InChI is InChI=1S/C23H16F4O2/c24-19-13-11-17(12-14-19)21-20(15-16-7-3-1-4-8-16)28-22(29-21,23(25,26)27)18-9-5-2-6-10-18/h1-15,21H/b20-15-. The summed E-state index contributed by atoms with van der Waals surface area (Å²) in [5.74, 6) is -3.47. The van der Waals surface area contributed by atoms with Crippen LogP contribution in [-0.4, -0.2) is 6.18 Å². The van der Waals surface area contributed by atoms with Gasteiger partial charge in [-0.3, -0.25) is 0 Å². The number of alkyl halides is 3. The van der Waals surface area contributed by atoms with E-state index in [1.54, 1.807) is 36.4 Å². The fourth-order valence-corrected chi connectivity index (χ4v) is 3.23. The fourth-order valence-electron chi connectivity index (χ4n) is 3.23. The van der Waals surface area contributed by atoms with Crippen molar-refractivity contribution < 1.29 is 27.0 Å². The minimum atomic E-state index is -4.85. The van der Waals surface area contributed by atoms with Crippen molar-refractivity contribution in [3.8, 4) is 0 Å². The lowest BCUT2D eigenvalue weighted by Gasteiger charge is -2.30. The third-order valence-corrected chi connectivity index (χ3v) is 4.61. The first-order valence-corrected chi connectivity index (χ1v) is 8.90. The summed E-state index contributed by atoms with van der Waals surface area (Å²) in [5.41, 5.74) is 0.843. The predicted molar refractivity (Wildman–Crippen MR) is 99.9 cm³/mol. The van der Waals surface area contributed by atoms with Crippen molar-refractivity contribution in [1.29, 1.82) is 0 Å². The Labute approximate surface area is 165 Å². The molecule has 0 N–H and O–H groups in total. The topological polar surface area (TPSA) is 18.5 Å². The Kier molecular flexibility index (Phi) is 4.88. The van der Waals surface area contributed by atoms with E-state index in [-0.39, 0.29) is 11.3 Å². The Morgan fingerprint density at radius 2 is 1.38 bits per heavy atom. The first-order valence-electron chi connectivity index (χ1n) is 8.90. The average molecular weight is 400 g/mol. The lowest BCUT2D eigenvalue weighted by Crippen LogP contribution is -2.43. The average Bonchev–Trinajstić information content (AvgIpc) is 3.11. The minimum Gasteiger partial charge on any atom is -0.451 e. The molecule has 2 atom stereocenters. The number of benzene rings is 3. The Bertz CT molecular complexity index is 999. The molecule has 148 valence electrons. The van der Waals surface area contributed by atoms with Crippen molar-refractivity contribution in [3.63, 3.8) is 0 Å². The van der Waals surface area contributed by atoms with Gasteiger partial charge in [0.2, 0.25) is 0 Å². The highest BCUT2D eigenvalue weighted by Crippen LogP contribution is 2.54. The maximum atomic E-state index is 14.2. The molecule has 0 saturated carbocycles. The highest BCUT2D eigenvalue weighted by atomic mass is 19.4. The van der Waals surface area contributed by atoms with Gasteiger partial charge in [-0.2, -0.15) is 13.2 Å². The van der Waals surface area contributed by atoms with E-state index in [4.69, 9.17) is 9.47 Å². The maximum Gasteiger partial charge on any atom is 0.460 e. The molecule has 1 aliphatic rings. The van der Waals surface area contributed by atoms with Gasteiger partial charge >= 0.3 is 12.0 Å². The molecule has 6 heteroatoms. The molecule has 0 aromatic heterocycles. The van der Waals surface area contributed by atoms with Crippen LogP contribution in [0.5, 0.6) is 0 Å². The molecule has 0 amide bonds. The van der Waals surface area contributed by atoms with Crippen LogP contribution in [0.15, 0.2) is 90.7 Å². The molecule has 0 bridgehead atoms. The zero-order valence-electron chi connectivity index (χ0n) is 15.1. The summed E-state index contributed by atoms with van der Waals surface area (Å²) >= 11 is 0. The summed E-state index contributed by atoms with van der Waals surface area (Å²) in [6.45, 7) is 0. The summed E-state index contributed by atoms with van der Waals surface area (Å²) < 4.78 is 67.1. The Morgan fingerprint density at radius 3 is 1.97 bits per heavy atom.